The molecule has 0 bridgehead atoms. The van der Waals surface area contributed by atoms with Crippen LogP contribution in [0.3, 0.4) is 0 Å². The molecular weight excluding hydrogens is 238 g/mol. The minimum absolute atomic E-state index is 0.0991. The number of hydrogen-bond acceptors (Lipinski definition) is 2. The van der Waals surface area contributed by atoms with Crippen LogP contribution >= 0.6 is 0 Å². The summed E-state index contributed by atoms with van der Waals surface area (Å²) in [6.07, 6.45) is 2.64. The van der Waals surface area contributed by atoms with Gasteiger partial charge in [0.1, 0.15) is 0 Å². The highest BCUT2D eigenvalue weighted by Crippen LogP contribution is 2.47. The Morgan fingerprint density at radius 3 is 2.74 bits per heavy atom. The zero-order valence-electron chi connectivity index (χ0n) is 11.1. The molecule has 1 aliphatic carbocycles. The highest BCUT2D eigenvalue weighted by molar-refractivity contribution is 5.95. The molecule has 4 nitrogen and oxygen atoms in total. The lowest BCUT2D eigenvalue weighted by Crippen LogP contribution is -2.15. The van der Waals surface area contributed by atoms with Crippen molar-refractivity contribution in [1.82, 2.24) is 9.78 Å². The molecule has 0 saturated heterocycles. The smallest absolute Gasteiger partial charge is 0.228 e. The number of benzene rings is 1. The average Bonchev–Trinajstić information content (AvgIpc) is 3.18. The SMILES string of the molecule is Cc1c(NC(=O)[C@H]2C[C@H]2c2ccccc2)cnn1C. The summed E-state index contributed by atoms with van der Waals surface area (Å²) in [5.74, 6) is 0.574. The Balaban J connectivity index is 1.66. The van der Waals surface area contributed by atoms with Gasteiger partial charge in [0.25, 0.3) is 0 Å². The third-order valence-corrected chi connectivity index (χ3v) is 3.85. The van der Waals surface area contributed by atoms with E-state index in [1.54, 1.807) is 10.9 Å². The molecule has 0 aliphatic heterocycles. The topological polar surface area (TPSA) is 46.9 Å². The molecule has 1 saturated carbocycles. The maximum absolute atomic E-state index is 12.2. The van der Waals surface area contributed by atoms with E-state index in [1.165, 1.54) is 5.56 Å². The molecule has 0 unspecified atom stereocenters. The van der Waals surface area contributed by atoms with Crippen LogP contribution in [0.25, 0.3) is 0 Å². The fourth-order valence-electron chi connectivity index (χ4n) is 2.40. The molecule has 19 heavy (non-hydrogen) atoms. The number of carbonyl (C=O) groups excluding carboxylic acids is 1. The van der Waals surface area contributed by atoms with Gasteiger partial charge in [0, 0.05) is 13.0 Å². The van der Waals surface area contributed by atoms with E-state index >= 15 is 0 Å². The first-order valence-electron chi connectivity index (χ1n) is 6.51. The number of rotatable bonds is 3. The summed E-state index contributed by atoms with van der Waals surface area (Å²) in [6.45, 7) is 1.95. The van der Waals surface area contributed by atoms with Crippen LogP contribution in [-0.4, -0.2) is 15.7 Å². The molecule has 1 fully saturated rings. The van der Waals surface area contributed by atoms with E-state index in [1.807, 2.05) is 32.2 Å². The van der Waals surface area contributed by atoms with Gasteiger partial charge in [0.2, 0.25) is 5.91 Å². The first-order chi connectivity index (χ1) is 9.16. The van der Waals surface area contributed by atoms with Gasteiger partial charge in [-0.05, 0) is 24.8 Å². The largest absolute Gasteiger partial charge is 0.323 e. The van der Waals surface area contributed by atoms with Gasteiger partial charge >= 0.3 is 0 Å². The van der Waals surface area contributed by atoms with E-state index in [-0.39, 0.29) is 11.8 Å². The molecule has 1 aromatic carbocycles. The van der Waals surface area contributed by atoms with Gasteiger partial charge in [0.05, 0.1) is 17.6 Å². The fraction of sp³-hybridized carbons (Fsp3) is 0.333. The van der Waals surface area contributed by atoms with Gasteiger partial charge in [-0.15, -0.1) is 0 Å². The van der Waals surface area contributed by atoms with Gasteiger partial charge in [-0.25, -0.2) is 0 Å². The summed E-state index contributed by atoms with van der Waals surface area (Å²) in [5.41, 5.74) is 3.04. The molecule has 4 heteroatoms. The van der Waals surface area contributed by atoms with Crippen molar-refractivity contribution in [2.45, 2.75) is 19.3 Å². The van der Waals surface area contributed by atoms with Crippen molar-refractivity contribution in [2.24, 2.45) is 13.0 Å². The quantitative estimate of drug-likeness (QED) is 0.915. The summed E-state index contributed by atoms with van der Waals surface area (Å²) in [4.78, 5) is 12.2. The second kappa shape index (κ2) is 4.53. The van der Waals surface area contributed by atoms with Crippen LogP contribution in [0.15, 0.2) is 36.5 Å². The number of nitrogens with one attached hydrogen (secondary N) is 1. The molecule has 1 aliphatic rings. The summed E-state index contributed by atoms with van der Waals surface area (Å²) in [6, 6.07) is 10.2. The van der Waals surface area contributed by atoms with Gasteiger partial charge < -0.3 is 5.32 Å². The summed E-state index contributed by atoms with van der Waals surface area (Å²) in [7, 11) is 1.87. The Kier molecular flexibility index (Phi) is 2.85. The van der Waals surface area contributed by atoms with E-state index in [4.69, 9.17) is 0 Å². The maximum atomic E-state index is 12.2. The van der Waals surface area contributed by atoms with Crippen LogP contribution < -0.4 is 5.32 Å². The van der Waals surface area contributed by atoms with Gasteiger partial charge in [-0.2, -0.15) is 5.10 Å². The summed E-state index contributed by atoms with van der Waals surface area (Å²) < 4.78 is 1.76. The number of anilines is 1. The average molecular weight is 255 g/mol. The number of amides is 1. The highest BCUT2D eigenvalue weighted by atomic mass is 16.2. The molecule has 1 heterocycles. The van der Waals surface area contributed by atoms with E-state index in [2.05, 4.69) is 22.5 Å². The second-order valence-corrected chi connectivity index (χ2v) is 5.12. The Bertz CT molecular complexity index is 603. The standard InChI is InChI=1S/C15H17N3O/c1-10-14(9-16-18(10)2)17-15(19)13-8-12(13)11-6-4-3-5-7-11/h3-7,9,12-13H,8H2,1-2H3,(H,17,19)/t12-,13-/m0/s1. The van der Waals surface area contributed by atoms with Crippen molar-refractivity contribution in [2.75, 3.05) is 5.32 Å². The molecule has 98 valence electrons. The fourth-order valence-corrected chi connectivity index (χ4v) is 2.40. The van der Waals surface area contributed by atoms with Gasteiger partial charge in [-0.1, -0.05) is 30.3 Å². The predicted octanol–water partition coefficient (Wildman–Crippen LogP) is 2.47. The van der Waals surface area contributed by atoms with Gasteiger partial charge in [-0.3, -0.25) is 9.48 Å². The molecule has 1 amide bonds. The second-order valence-electron chi connectivity index (χ2n) is 5.12. The molecule has 2 aromatic rings. The van der Waals surface area contributed by atoms with Gasteiger partial charge in [0.15, 0.2) is 0 Å². The number of aromatic nitrogens is 2. The van der Waals surface area contributed by atoms with Crippen LogP contribution in [-0.2, 0) is 11.8 Å². The van der Waals surface area contributed by atoms with E-state index in [0.717, 1.165) is 17.8 Å². The zero-order valence-corrected chi connectivity index (χ0v) is 11.1. The van der Waals surface area contributed by atoms with Crippen molar-refractivity contribution in [3.63, 3.8) is 0 Å². The van der Waals surface area contributed by atoms with Crippen LogP contribution in [0, 0.1) is 12.8 Å². The predicted molar refractivity (Wildman–Crippen MR) is 73.9 cm³/mol. The zero-order chi connectivity index (χ0) is 13.4. The molecule has 0 spiro atoms. The van der Waals surface area contributed by atoms with Crippen LogP contribution in [0.1, 0.15) is 23.6 Å². The van der Waals surface area contributed by atoms with Crippen molar-refractivity contribution in [3.8, 4) is 0 Å². The Hall–Kier alpha value is -2.10. The van der Waals surface area contributed by atoms with E-state index in [9.17, 15) is 4.79 Å². The van der Waals surface area contributed by atoms with E-state index < -0.39 is 0 Å². The number of aryl methyl sites for hydroxylation is 1. The van der Waals surface area contributed by atoms with Crippen molar-refractivity contribution in [3.05, 3.63) is 47.8 Å². The van der Waals surface area contributed by atoms with Crippen molar-refractivity contribution >= 4 is 11.6 Å². The number of hydrogen-bond donors (Lipinski definition) is 1. The van der Waals surface area contributed by atoms with Crippen LogP contribution in [0.4, 0.5) is 5.69 Å². The molecule has 1 N–H and O–H groups in total. The number of carbonyl (C=O) groups is 1. The lowest BCUT2D eigenvalue weighted by Gasteiger charge is -2.04. The Morgan fingerprint density at radius 2 is 2.11 bits per heavy atom. The minimum atomic E-state index is 0.0991. The summed E-state index contributed by atoms with van der Waals surface area (Å²) in [5, 5.41) is 7.10. The lowest BCUT2D eigenvalue weighted by molar-refractivity contribution is -0.117. The van der Waals surface area contributed by atoms with Crippen molar-refractivity contribution < 1.29 is 4.79 Å². The number of nitrogens with zero attached hydrogens (tertiary/aromatic N) is 2. The Morgan fingerprint density at radius 1 is 1.37 bits per heavy atom. The molecule has 2 atom stereocenters. The van der Waals surface area contributed by atoms with Crippen molar-refractivity contribution in [1.29, 1.82) is 0 Å². The van der Waals surface area contributed by atoms with Crippen LogP contribution in [0.2, 0.25) is 0 Å². The highest BCUT2D eigenvalue weighted by Gasteiger charge is 2.43. The molecule has 3 rings (SSSR count). The third-order valence-electron chi connectivity index (χ3n) is 3.85. The third kappa shape index (κ3) is 2.26. The molecule has 0 radical (unpaired) electrons. The lowest BCUT2D eigenvalue weighted by atomic mass is 10.1. The molecule has 1 aromatic heterocycles. The maximum Gasteiger partial charge on any atom is 0.228 e. The van der Waals surface area contributed by atoms with E-state index in [0.29, 0.717) is 5.92 Å². The van der Waals surface area contributed by atoms with Crippen LogP contribution in [0.5, 0.6) is 0 Å². The minimum Gasteiger partial charge on any atom is -0.323 e. The normalized spacial score (nSPS) is 21.2. The summed E-state index contributed by atoms with van der Waals surface area (Å²) >= 11 is 0. The Labute approximate surface area is 112 Å². The first-order valence-corrected chi connectivity index (χ1v) is 6.51. The first kappa shape index (κ1) is 12.0. The monoisotopic (exact) mass is 255 g/mol. The molecular formula is C15H17N3O.